The molecule has 0 bridgehead atoms. The van der Waals surface area contributed by atoms with E-state index in [9.17, 15) is 30.3 Å². The van der Waals surface area contributed by atoms with E-state index in [0.29, 0.717) is 6.42 Å². The van der Waals surface area contributed by atoms with Crippen LogP contribution in [0.5, 0.6) is 0 Å². The average molecular weight is 924 g/mol. The number of allylic oxidation sites excluding steroid dienone is 1. The Kier molecular flexibility index (Phi) is 44.5. The predicted octanol–water partition coefficient (Wildman–Crippen LogP) is 13.6. The third-order valence-corrected chi connectivity index (χ3v) is 13.9. The van der Waals surface area contributed by atoms with E-state index < -0.39 is 49.5 Å². The largest absolute Gasteiger partial charge is 0.394 e. The monoisotopic (exact) mass is 924 g/mol. The number of aliphatic hydroxyl groups excluding tert-OH is 5. The van der Waals surface area contributed by atoms with Crippen LogP contribution in [0.2, 0.25) is 0 Å². The number of hydrogen-bond donors (Lipinski definition) is 6. The number of unbranched alkanes of at least 4 members (excludes halogenated alkanes) is 39. The molecule has 0 aromatic carbocycles. The van der Waals surface area contributed by atoms with E-state index in [1.54, 1.807) is 6.08 Å². The van der Waals surface area contributed by atoms with Crippen molar-refractivity contribution < 1.29 is 39.8 Å². The second-order valence-electron chi connectivity index (χ2n) is 20.1. The van der Waals surface area contributed by atoms with Gasteiger partial charge in [0, 0.05) is 6.42 Å². The first kappa shape index (κ1) is 61.9. The molecular formula is C56H109NO8. The molecular weight excluding hydrogens is 815 g/mol. The Morgan fingerprint density at radius 2 is 0.846 bits per heavy atom. The first-order valence-electron chi connectivity index (χ1n) is 28.4. The minimum absolute atomic E-state index is 0.170. The van der Waals surface area contributed by atoms with Crippen molar-refractivity contribution in [1.29, 1.82) is 0 Å². The zero-order chi connectivity index (χ0) is 47.3. The molecule has 1 aliphatic rings. The summed E-state index contributed by atoms with van der Waals surface area (Å²) in [6.45, 7) is 3.82. The SMILES string of the molecule is CCCCCCCCCCCCCCCCCCCCC/C=C/C(O)C(COC1OC(CO)C(O)C(O)C1O)NC(=O)CCCCCCCCCCCCCCCCCCCCCCC. The normalized spacial score (nSPS) is 19.9. The number of rotatable bonds is 49. The standard InChI is InChI=1S/C56H109NO8/c1-3-5-7-9-11-13-15-17-19-21-23-25-27-29-31-33-35-37-39-41-43-45-50(59)49(48-64-56-55(63)54(62)53(61)51(47-58)65-56)57-52(60)46-44-42-40-38-36-34-32-30-28-26-24-22-20-18-16-14-12-10-8-6-4-2/h43,45,49-51,53-56,58-59,61-63H,3-42,44,46-48H2,1-2H3,(H,57,60)/b45-43+. The van der Waals surface area contributed by atoms with E-state index in [1.165, 1.54) is 225 Å². The van der Waals surface area contributed by atoms with E-state index in [4.69, 9.17) is 9.47 Å². The lowest BCUT2D eigenvalue weighted by molar-refractivity contribution is -0.302. The van der Waals surface area contributed by atoms with Gasteiger partial charge in [0.25, 0.3) is 0 Å². The molecule has 1 heterocycles. The van der Waals surface area contributed by atoms with Crippen molar-refractivity contribution in [1.82, 2.24) is 5.32 Å². The van der Waals surface area contributed by atoms with Gasteiger partial charge in [0.1, 0.15) is 24.4 Å². The van der Waals surface area contributed by atoms with Gasteiger partial charge in [-0.3, -0.25) is 4.79 Å². The van der Waals surface area contributed by atoms with Crippen LogP contribution in [0.4, 0.5) is 0 Å². The summed E-state index contributed by atoms with van der Waals surface area (Å²) in [5.41, 5.74) is 0. The molecule has 1 rings (SSSR count). The molecule has 1 aliphatic heterocycles. The topological polar surface area (TPSA) is 149 Å². The molecule has 9 nitrogen and oxygen atoms in total. The molecule has 0 aromatic rings. The highest BCUT2D eigenvalue weighted by molar-refractivity contribution is 5.76. The fraction of sp³-hybridized carbons (Fsp3) is 0.946. The fourth-order valence-electron chi connectivity index (χ4n) is 9.34. The van der Waals surface area contributed by atoms with Gasteiger partial charge >= 0.3 is 0 Å². The van der Waals surface area contributed by atoms with Crippen LogP contribution in [0.1, 0.15) is 284 Å². The van der Waals surface area contributed by atoms with Crippen molar-refractivity contribution in [3.05, 3.63) is 12.2 Å². The van der Waals surface area contributed by atoms with Crippen molar-refractivity contribution in [2.45, 2.75) is 326 Å². The van der Waals surface area contributed by atoms with Crippen LogP contribution < -0.4 is 5.32 Å². The maximum absolute atomic E-state index is 13.0. The van der Waals surface area contributed by atoms with Gasteiger partial charge in [-0.15, -0.1) is 0 Å². The van der Waals surface area contributed by atoms with Gasteiger partial charge in [-0.25, -0.2) is 0 Å². The minimum atomic E-state index is -1.56. The Morgan fingerprint density at radius 3 is 1.20 bits per heavy atom. The van der Waals surface area contributed by atoms with Gasteiger partial charge in [0.15, 0.2) is 6.29 Å². The van der Waals surface area contributed by atoms with Gasteiger partial charge in [-0.2, -0.15) is 0 Å². The van der Waals surface area contributed by atoms with Crippen LogP contribution in [0.25, 0.3) is 0 Å². The average Bonchev–Trinajstić information content (AvgIpc) is 3.31. The second-order valence-corrected chi connectivity index (χ2v) is 20.1. The Hall–Kier alpha value is -1.07. The van der Waals surface area contributed by atoms with Crippen LogP contribution in [0.3, 0.4) is 0 Å². The number of hydrogen-bond acceptors (Lipinski definition) is 8. The number of ether oxygens (including phenoxy) is 2. The van der Waals surface area contributed by atoms with Crippen LogP contribution in [0, 0.1) is 0 Å². The van der Waals surface area contributed by atoms with Gasteiger partial charge in [0.2, 0.25) is 5.91 Å². The predicted molar refractivity (Wildman–Crippen MR) is 272 cm³/mol. The first-order valence-corrected chi connectivity index (χ1v) is 28.4. The molecule has 1 saturated heterocycles. The Morgan fingerprint density at radius 1 is 0.508 bits per heavy atom. The summed E-state index contributed by atoms with van der Waals surface area (Å²) < 4.78 is 11.3. The number of carbonyl (C=O) groups excluding carboxylic acids is 1. The summed E-state index contributed by atoms with van der Waals surface area (Å²) >= 11 is 0. The third-order valence-electron chi connectivity index (χ3n) is 13.9. The maximum Gasteiger partial charge on any atom is 0.220 e. The number of carbonyl (C=O) groups is 1. The minimum Gasteiger partial charge on any atom is -0.394 e. The molecule has 386 valence electrons. The molecule has 1 amide bonds. The molecule has 7 unspecified atom stereocenters. The van der Waals surface area contributed by atoms with Crippen LogP contribution >= 0.6 is 0 Å². The molecule has 0 aromatic heterocycles. The number of amides is 1. The Balaban J connectivity index is 2.23. The third kappa shape index (κ3) is 36.6. The molecule has 7 atom stereocenters. The summed E-state index contributed by atoms with van der Waals surface area (Å²) in [5.74, 6) is -0.170. The van der Waals surface area contributed by atoms with E-state index in [0.717, 1.165) is 38.5 Å². The lowest BCUT2D eigenvalue weighted by atomic mass is 9.99. The highest BCUT2D eigenvalue weighted by Crippen LogP contribution is 2.23. The molecule has 9 heteroatoms. The number of aliphatic hydroxyl groups is 5. The fourth-order valence-corrected chi connectivity index (χ4v) is 9.34. The van der Waals surface area contributed by atoms with Crippen molar-refractivity contribution >= 4 is 5.91 Å². The van der Waals surface area contributed by atoms with E-state index >= 15 is 0 Å². The van der Waals surface area contributed by atoms with Crippen LogP contribution in [-0.4, -0.2) is 87.5 Å². The quantitative estimate of drug-likeness (QED) is 0.0261. The Labute approximate surface area is 401 Å². The van der Waals surface area contributed by atoms with E-state index in [-0.39, 0.29) is 12.5 Å². The molecule has 0 saturated carbocycles. The highest BCUT2D eigenvalue weighted by atomic mass is 16.7. The van der Waals surface area contributed by atoms with Crippen molar-refractivity contribution in [2.24, 2.45) is 0 Å². The molecule has 1 fully saturated rings. The van der Waals surface area contributed by atoms with Crippen LogP contribution in [-0.2, 0) is 14.3 Å². The van der Waals surface area contributed by atoms with Gasteiger partial charge in [-0.1, -0.05) is 270 Å². The lowest BCUT2D eigenvalue weighted by Gasteiger charge is -2.40. The van der Waals surface area contributed by atoms with Gasteiger partial charge in [-0.05, 0) is 19.3 Å². The smallest absolute Gasteiger partial charge is 0.220 e. The zero-order valence-corrected chi connectivity index (χ0v) is 42.8. The Bertz CT molecular complexity index is 1030. The molecule has 0 radical (unpaired) electrons. The lowest BCUT2D eigenvalue weighted by Crippen LogP contribution is -2.60. The summed E-state index contributed by atoms with van der Waals surface area (Å²) in [4.78, 5) is 13.0. The number of nitrogens with one attached hydrogen (secondary N) is 1. The summed E-state index contributed by atoms with van der Waals surface area (Å²) in [5, 5.41) is 54.5. The first-order chi connectivity index (χ1) is 31.8. The maximum atomic E-state index is 13.0. The second kappa shape index (κ2) is 46.6. The van der Waals surface area contributed by atoms with Gasteiger partial charge in [0.05, 0.1) is 25.4 Å². The van der Waals surface area contributed by atoms with E-state index in [1.807, 2.05) is 6.08 Å². The van der Waals surface area contributed by atoms with Crippen LogP contribution in [0.15, 0.2) is 12.2 Å². The van der Waals surface area contributed by atoms with Gasteiger partial charge < -0.3 is 40.3 Å². The highest BCUT2D eigenvalue weighted by Gasteiger charge is 2.44. The summed E-state index contributed by atoms with van der Waals surface area (Å²) in [7, 11) is 0. The molecule has 0 aliphatic carbocycles. The van der Waals surface area contributed by atoms with Crippen molar-refractivity contribution in [3.8, 4) is 0 Å². The van der Waals surface area contributed by atoms with Crippen molar-refractivity contribution in [3.63, 3.8) is 0 Å². The van der Waals surface area contributed by atoms with Crippen molar-refractivity contribution in [2.75, 3.05) is 13.2 Å². The summed E-state index contributed by atoms with van der Waals surface area (Å²) in [6.07, 6.45) is 49.8. The molecule has 0 spiro atoms. The zero-order valence-electron chi connectivity index (χ0n) is 42.8. The molecule has 6 N–H and O–H groups in total. The van der Waals surface area contributed by atoms with E-state index in [2.05, 4.69) is 19.2 Å². The molecule has 65 heavy (non-hydrogen) atoms. The summed E-state index contributed by atoms with van der Waals surface area (Å²) in [6, 6.07) is -0.800.